The van der Waals surface area contributed by atoms with Crippen molar-refractivity contribution in [3.63, 3.8) is 0 Å². The average Bonchev–Trinajstić information content (AvgIpc) is 2.92. The zero-order valence-corrected chi connectivity index (χ0v) is 16.2. The van der Waals surface area contributed by atoms with Crippen molar-refractivity contribution >= 4 is 11.6 Å². The molecule has 1 amide bonds. The van der Waals surface area contributed by atoms with Crippen LogP contribution in [0.2, 0.25) is 0 Å². The van der Waals surface area contributed by atoms with E-state index >= 15 is 0 Å². The zero-order valence-electron chi connectivity index (χ0n) is 16.2. The summed E-state index contributed by atoms with van der Waals surface area (Å²) in [6.07, 6.45) is 0. The van der Waals surface area contributed by atoms with Gasteiger partial charge < -0.3 is 10.1 Å². The number of aromatic nitrogens is 2. The molecular formula is C22H25N3O2. The Labute approximate surface area is 160 Å². The number of aryl methyl sites for hydroxylation is 2. The lowest BCUT2D eigenvalue weighted by molar-refractivity contribution is 0.102. The van der Waals surface area contributed by atoms with Crippen LogP contribution in [0, 0.1) is 20.8 Å². The molecular weight excluding hydrogens is 338 g/mol. The van der Waals surface area contributed by atoms with Crippen LogP contribution >= 0.6 is 0 Å². The number of ether oxygens (including phenoxy) is 1. The molecule has 0 saturated heterocycles. The van der Waals surface area contributed by atoms with Crippen molar-refractivity contribution in [2.24, 2.45) is 0 Å². The van der Waals surface area contributed by atoms with Gasteiger partial charge in [-0.1, -0.05) is 29.8 Å². The number of amides is 1. The Hall–Kier alpha value is -3.08. The Balaban J connectivity index is 1.75. The lowest BCUT2D eigenvalue weighted by Gasteiger charge is -2.08. The van der Waals surface area contributed by atoms with E-state index in [9.17, 15) is 4.79 Å². The molecule has 0 spiro atoms. The Morgan fingerprint density at radius 1 is 1.04 bits per heavy atom. The van der Waals surface area contributed by atoms with Crippen molar-refractivity contribution in [1.82, 2.24) is 9.78 Å². The van der Waals surface area contributed by atoms with E-state index in [1.54, 1.807) is 24.3 Å². The molecule has 0 radical (unpaired) electrons. The van der Waals surface area contributed by atoms with Gasteiger partial charge in [-0.2, -0.15) is 5.10 Å². The Morgan fingerprint density at radius 2 is 1.70 bits per heavy atom. The summed E-state index contributed by atoms with van der Waals surface area (Å²) in [5, 5.41) is 7.59. The molecule has 140 valence electrons. The highest BCUT2D eigenvalue weighted by Gasteiger charge is 2.15. The number of carbonyl (C=O) groups is 1. The van der Waals surface area contributed by atoms with Crippen LogP contribution in [0.15, 0.2) is 48.5 Å². The first kappa shape index (κ1) is 18.7. The predicted octanol–water partition coefficient (Wildman–Crippen LogP) is 4.51. The maximum absolute atomic E-state index is 12.6. The number of carbonyl (C=O) groups excluding carboxylic acids is 1. The molecule has 2 aromatic carbocycles. The average molecular weight is 363 g/mol. The van der Waals surface area contributed by atoms with Gasteiger partial charge in [-0.25, -0.2) is 0 Å². The molecule has 3 rings (SSSR count). The van der Waals surface area contributed by atoms with E-state index in [1.165, 1.54) is 11.1 Å². The number of rotatable bonds is 6. The minimum absolute atomic E-state index is 0.154. The van der Waals surface area contributed by atoms with Gasteiger partial charge in [0.2, 0.25) is 0 Å². The van der Waals surface area contributed by atoms with E-state index < -0.39 is 0 Å². The summed E-state index contributed by atoms with van der Waals surface area (Å²) in [4.78, 5) is 12.6. The Kier molecular flexibility index (Phi) is 5.60. The third-order valence-corrected chi connectivity index (χ3v) is 4.50. The Morgan fingerprint density at radius 3 is 2.33 bits per heavy atom. The predicted molar refractivity (Wildman–Crippen MR) is 108 cm³/mol. The fourth-order valence-corrected chi connectivity index (χ4v) is 2.95. The second-order valence-electron chi connectivity index (χ2n) is 6.60. The number of anilines is 1. The number of hydrogen-bond acceptors (Lipinski definition) is 3. The second kappa shape index (κ2) is 8.08. The van der Waals surface area contributed by atoms with E-state index in [0.29, 0.717) is 18.7 Å². The SMILES string of the molecule is CCOc1ccc(C(=O)Nc2c(C)nn(Cc3ccc(C)cc3)c2C)cc1. The molecule has 0 fully saturated rings. The summed E-state index contributed by atoms with van der Waals surface area (Å²) in [6, 6.07) is 15.5. The molecule has 0 bridgehead atoms. The number of hydrogen-bond donors (Lipinski definition) is 1. The lowest BCUT2D eigenvalue weighted by atomic mass is 10.1. The third kappa shape index (κ3) is 4.37. The number of benzene rings is 2. The zero-order chi connectivity index (χ0) is 19.4. The maximum Gasteiger partial charge on any atom is 0.255 e. The molecule has 0 aliphatic heterocycles. The molecule has 1 heterocycles. The van der Waals surface area contributed by atoms with Crippen molar-refractivity contribution < 1.29 is 9.53 Å². The van der Waals surface area contributed by atoms with Crippen LogP contribution in [-0.4, -0.2) is 22.3 Å². The lowest BCUT2D eigenvalue weighted by Crippen LogP contribution is -2.13. The van der Waals surface area contributed by atoms with Crippen LogP contribution in [0.25, 0.3) is 0 Å². The van der Waals surface area contributed by atoms with Crippen molar-refractivity contribution in [2.45, 2.75) is 34.2 Å². The molecule has 1 N–H and O–H groups in total. The van der Waals surface area contributed by atoms with Gasteiger partial charge in [0.25, 0.3) is 5.91 Å². The van der Waals surface area contributed by atoms with Crippen LogP contribution in [0.1, 0.15) is 39.8 Å². The summed E-state index contributed by atoms with van der Waals surface area (Å²) in [6.45, 7) is 9.16. The first-order valence-electron chi connectivity index (χ1n) is 9.11. The van der Waals surface area contributed by atoms with Gasteiger partial charge in [0.05, 0.1) is 30.2 Å². The summed E-state index contributed by atoms with van der Waals surface area (Å²) in [7, 11) is 0. The van der Waals surface area contributed by atoms with Crippen LogP contribution in [-0.2, 0) is 6.54 Å². The summed E-state index contributed by atoms with van der Waals surface area (Å²) in [5.74, 6) is 0.603. The van der Waals surface area contributed by atoms with Crippen LogP contribution < -0.4 is 10.1 Å². The standard InChI is InChI=1S/C22H25N3O2/c1-5-27-20-12-10-19(11-13-20)22(26)23-21-16(3)24-25(17(21)4)14-18-8-6-15(2)7-9-18/h6-13H,5,14H2,1-4H3,(H,23,26). The van der Waals surface area contributed by atoms with Gasteiger partial charge >= 0.3 is 0 Å². The van der Waals surface area contributed by atoms with E-state index in [-0.39, 0.29) is 5.91 Å². The van der Waals surface area contributed by atoms with Crippen LogP contribution in [0.3, 0.4) is 0 Å². The highest BCUT2D eigenvalue weighted by Crippen LogP contribution is 2.22. The largest absolute Gasteiger partial charge is 0.494 e. The van der Waals surface area contributed by atoms with Crippen LogP contribution in [0.5, 0.6) is 5.75 Å². The summed E-state index contributed by atoms with van der Waals surface area (Å²) >= 11 is 0. The topological polar surface area (TPSA) is 56.1 Å². The number of nitrogens with zero attached hydrogens (tertiary/aromatic N) is 2. The van der Waals surface area contributed by atoms with Gasteiger partial charge in [0, 0.05) is 5.56 Å². The first-order valence-corrected chi connectivity index (χ1v) is 9.11. The smallest absolute Gasteiger partial charge is 0.255 e. The van der Waals surface area contributed by atoms with Gasteiger partial charge in [0.15, 0.2) is 0 Å². The van der Waals surface area contributed by atoms with Crippen molar-refractivity contribution in [3.8, 4) is 5.75 Å². The highest BCUT2D eigenvalue weighted by atomic mass is 16.5. The maximum atomic E-state index is 12.6. The van der Waals surface area contributed by atoms with E-state index in [2.05, 4.69) is 41.6 Å². The monoisotopic (exact) mass is 363 g/mol. The molecule has 0 saturated carbocycles. The van der Waals surface area contributed by atoms with Gasteiger partial charge in [-0.05, 0) is 57.5 Å². The fraction of sp³-hybridized carbons (Fsp3) is 0.273. The molecule has 0 atom stereocenters. The van der Waals surface area contributed by atoms with Crippen LogP contribution in [0.4, 0.5) is 5.69 Å². The van der Waals surface area contributed by atoms with Gasteiger partial charge in [0.1, 0.15) is 5.75 Å². The minimum atomic E-state index is -0.154. The van der Waals surface area contributed by atoms with Crippen molar-refractivity contribution in [2.75, 3.05) is 11.9 Å². The molecule has 1 aromatic heterocycles. The molecule has 0 unspecified atom stereocenters. The summed E-state index contributed by atoms with van der Waals surface area (Å²) < 4.78 is 7.34. The molecule has 0 aliphatic carbocycles. The summed E-state index contributed by atoms with van der Waals surface area (Å²) in [5.41, 5.74) is 5.50. The van der Waals surface area contributed by atoms with Gasteiger partial charge in [-0.3, -0.25) is 9.48 Å². The first-order chi connectivity index (χ1) is 13.0. The van der Waals surface area contributed by atoms with E-state index in [1.807, 2.05) is 25.5 Å². The van der Waals surface area contributed by atoms with E-state index in [0.717, 1.165) is 22.8 Å². The molecule has 3 aromatic rings. The highest BCUT2D eigenvalue weighted by molar-refractivity contribution is 6.04. The Bertz CT molecular complexity index is 925. The number of nitrogens with one attached hydrogen (secondary N) is 1. The minimum Gasteiger partial charge on any atom is -0.494 e. The second-order valence-corrected chi connectivity index (χ2v) is 6.60. The quantitative estimate of drug-likeness (QED) is 0.701. The fourth-order valence-electron chi connectivity index (χ4n) is 2.95. The third-order valence-electron chi connectivity index (χ3n) is 4.50. The van der Waals surface area contributed by atoms with Crippen molar-refractivity contribution in [1.29, 1.82) is 0 Å². The van der Waals surface area contributed by atoms with Gasteiger partial charge in [-0.15, -0.1) is 0 Å². The molecule has 5 nitrogen and oxygen atoms in total. The van der Waals surface area contributed by atoms with E-state index in [4.69, 9.17) is 4.74 Å². The van der Waals surface area contributed by atoms with Crippen molar-refractivity contribution in [3.05, 3.63) is 76.6 Å². The molecule has 5 heteroatoms. The molecule has 27 heavy (non-hydrogen) atoms. The molecule has 0 aliphatic rings. The normalized spacial score (nSPS) is 10.7.